The Balaban J connectivity index is 1.18. The minimum Gasteiger partial charge on any atom is -0.264 e. The lowest BCUT2D eigenvalue weighted by atomic mass is 9.81. The zero-order valence-electron chi connectivity index (χ0n) is 30.7. The molecule has 53 heavy (non-hydrogen) atoms. The third kappa shape index (κ3) is 6.72. The molecular formula is C51H42N2. The van der Waals surface area contributed by atoms with Crippen molar-refractivity contribution in [1.82, 2.24) is 4.98 Å². The van der Waals surface area contributed by atoms with Crippen molar-refractivity contribution in [3.63, 3.8) is 0 Å². The summed E-state index contributed by atoms with van der Waals surface area (Å²) in [5.41, 5.74) is 18.7. The Kier molecular flexibility index (Phi) is 9.12. The summed E-state index contributed by atoms with van der Waals surface area (Å²) >= 11 is 0. The summed E-state index contributed by atoms with van der Waals surface area (Å²) in [6.45, 7) is 8.90. The molecule has 256 valence electrons. The van der Waals surface area contributed by atoms with Gasteiger partial charge in [-0.15, -0.1) is 0 Å². The molecule has 1 heterocycles. The molecule has 0 atom stereocenters. The van der Waals surface area contributed by atoms with Gasteiger partial charge in [-0.2, -0.15) is 0 Å². The number of hydrogen-bond acceptors (Lipinski definition) is 2. The van der Waals surface area contributed by atoms with Crippen molar-refractivity contribution in [3.05, 3.63) is 210 Å². The van der Waals surface area contributed by atoms with Gasteiger partial charge in [0.05, 0.1) is 5.70 Å². The summed E-state index contributed by atoms with van der Waals surface area (Å²) in [4.78, 5) is 9.66. The Labute approximate surface area is 313 Å². The van der Waals surface area contributed by atoms with Gasteiger partial charge >= 0.3 is 0 Å². The van der Waals surface area contributed by atoms with Gasteiger partial charge < -0.3 is 0 Å². The number of hydrogen-bond donors (Lipinski definition) is 0. The van der Waals surface area contributed by atoms with E-state index in [2.05, 4.69) is 196 Å². The SMILES string of the molecule is C/C=C(/C=C(\N=C(C)c1cccc(-c2ccccc2)c1)c1ccc(-c2ccc(-c3cccnc3)cc2)cc1)c1ccc2c(c1)C(C)(C)c1ccccc1-2. The summed E-state index contributed by atoms with van der Waals surface area (Å²) < 4.78 is 0. The van der Waals surface area contributed by atoms with Crippen molar-refractivity contribution in [2.45, 2.75) is 33.1 Å². The lowest BCUT2D eigenvalue weighted by Crippen LogP contribution is -2.15. The van der Waals surface area contributed by atoms with Gasteiger partial charge in [0.2, 0.25) is 0 Å². The Bertz CT molecular complexity index is 2500. The van der Waals surface area contributed by atoms with Crippen LogP contribution in [0.2, 0.25) is 0 Å². The second-order valence-electron chi connectivity index (χ2n) is 14.2. The fourth-order valence-electron chi connectivity index (χ4n) is 7.57. The van der Waals surface area contributed by atoms with E-state index in [-0.39, 0.29) is 5.41 Å². The number of allylic oxidation sites excluding steroid dienone is 3. The summed E-state index contributed by atoms with van der Waals surface area (Å²) in [5, 5.41) is 0. The Hall–Kier alpha value is -6.38. The normalized spacial score (nSPS) is 13.8. The molecule has 0 radical (unpaired) electrons. The van der Waals surface area contributed by atoms with Crippen molar-refractivity contribution in [2.24, 2.45) is 4.99 Å². The van der Waals surface area contributed by atoms with Crippen molar-refractivity contribution in [1.29, 1.82) is 0 Å². The van der Waals surface area contributed by atoms with Crippen LogP contribution in [0.3, 0.4) is 0 Å². The minimum absolute atomic E-state index is 0.0716. The molecule has 0 aliphatic heterocycles. The van der Waals surface area contributed by atoms with Crippen LogP contribution in [0, 0.1) is 0 Å². The van der Waals surface area contributed by atoms with E-state index in [1.807, 2.05) is 12.3 Å². The first-order valence-electron chi connectivity index (χ1n) is 18.3. The first kappa shape index (κ1) is 33.7. The van der Waals surface area contributed by atoms with Crippen LogP contribution in [-0.4, -0.2) is 10.7 Å². The zero-order valence-corrected chi connectivity index (χ0v) is 30.7. The van der Waals surface area contributed by atoms with Crippen LogP contribution in [0.25, 0.3) is 55.8 Å². The van der Waals surface area contributed by atoms with Gasteiger partial charge in [0.1, 0.15) is 0 Å². The summed E-state index contributed by atoms with van der Waals surface area (Å²) in [6.07, 6.45) is 8.16. The monoisotopic (exact) mass is 682 g/mol. The maximum absolute atomic E-state index is 5.38. The van der Waals surface area contributed by atoms with Crippen LogP contribution >= 0.6 is 0 Å². The summed E-state index contributed by atoms with van der Waals surface area (Å²) in [7, 11) is 0. The van der Waals surface area contributed by atoms with E-state index in [1.54, 1.807) is 6.20 Å². The van der Waals surface area contributed by atoms with Gasteiger partial charge in [0, 0.05) is 29.1 Å². The Morgan fingerprint density at radius 3 is 1.85 bits per heavy atom. The van der Waals surface area contributed by atoms with Gasteiger partial charge in [0.15, 0.2) is 0 Å². The second-order valence-corrected chi connectivity index (χ2v) is 14.2. The Morgan fingerprint density at radius 2 is 1.13 bits per heavy atom. The molecule has 0 saturated carbocycles. The van der Waals surface area contributed by atoms with Gasteiger partial charge in [-0.25, -0.2) is 0 Å². The molecule has 0 bridgehead atoms. The van der Waals surface area contributed by atoms with Crippen molar-refractivity contribution in [2.75, 3.05) is 0 Å². The first-order valence-corrected chi connectivity index (χ1v) is 18.3. The maximum atomic E-state index is 5.38. The standard InChI is InChI=1S/C51H42N2/c1-5-36(44-28-29-47-46-18-9-10-19-48(46)51(3,4)49(47)32-44)33-50(53-35(2)42-15-11-16-43(31-42)37-13-7-6-8-14-37)41-26-24-39(25-27-41)38-20-22-40(23-21-38)45-17-12-30-52-34-45/h5-34H,1-4H3/b36-5-,50-33-,53-35?. The molecule has 0 fully saturated rings. The lowest BCUT2D eigenvalue weighted by Gasteiger charge is -2.22. The van der Waals surface area contributed by atoms with Gasteiger partial charge in [-0.3, -0.25) is 9.98 Å². The first-order chi connectivity index (χ1) is 25.9. The molecular weight excluding hydrogens is 641 g/mol. The second kappa shape index (κ2) is 14.3. The van der Waals surface area contributed by atoms with Crippen LogP contribution in [0.1, 0.15) is 55.5 Å². The smallest absolute Gasteiger partial charge is 0.0711 e. The van der Waals surface area contributed by atoms with E-state index in [1.165, 1.54) is 44.5 Å². The number of rotatable bonds is 8. The molecule has 7 aromatic rings. The molecule has 2 heteroatoms. The average Bonchev–Trinajstić information content (AvgIpc) is 3.45. The van der Waals surface area contributed by atoms with E-state index in [9.17, 15) is 0 Å². The molecule has 0 unspecified atom stereocenters. The summed E-state index contributed by atoms with van der Waals surface area (Å²) in [5.74, 6) is 0. The number of aromatic nitrogens is 1. The molecule has 0 saturated heterocycles. The maximum Gasteiger partial charge on any atom is 0.0711 e. The quantitative estimate of drug-likeness (QED) is 0.116. The van der Waals surface area contributed by atoms with Crippen molar-refractivity contribution in [3.8, 4) is 44.5 Å². The number of aliphatic imine (C=N–C) groups is 1. The van der Waals surface area contributed by atoms with Crippen molar-refractivity contribution >= 4 is 17.0 Å². The van der Waals surface area contributed by atoms with Gasteiger partial charge in [-0.1, -0.05) is 159 Å². The van der Waals surface area contributed by atoms with E-state index < -0.39 is 0 Å². The van der Waals surface area contributed by atoms with Crippen LogP contribution in [0.4, 0.5) is 0 Å². The average molecular weight is 683 g/mol. The molecule has 0 N–H and O–H groups in total. The topological polar surface area (TPSA) is 25.2 Å². The number of fused-ring (bicyclic) bond motifs is 3. The van der Waals surface area contributed by atoms with Crippen LogP contribution in [0.15, 0.2) is 187 Å². The largest absolute Gasteiger partial charge is 0.264 e. The lowest BCUT2D eigenvalue weighted by molar-refractivity contribution is 0.660. The van der Waals surface area contributed by atoms with Gasteiger partial charge in [-0.05, 0) is 110 Å². The molecule has 1 aliphatic carbocycles. The fourth-order valence-corrected chi connectivity index (χ4v) is 7.57. The minimum atomic E-state index is -0.0716. The summed E-state index contributed by atoms with van der Waals surface area (Å²) in [6, 6.07) is 56.5. The molecule has 1 aromatic heterocycles. The molecule has 0 spiro atoms. The third-order valence-electron chi connectivity index (χ3n) is 10.6. The molecule has 8 rings (SSSR count). The highest BCUT2D eigenvalue weighted by Crippen LogP contribution is 2.49. The van der Waals surface area contributed by atoms with Crippen LogP contribution in [-0.2, 0) is 5.41 Å². The van der Waals surface area contributed by atoms with Crippen LogP contribution in [0.5, 0.6) is 0 Å². The molecule has 6 aromatic carbocycles. The molecule has 0 amide bonds. The van der Waals surface area contributed by atoms with Crippen LogP contribution < -0.4 is 0 Å². The molecule has 2 nitrogen and oxygen atoms in total. The zero-order chi connectivity index (χ0) is 36.4. The van der Waals surface area contributed by atoms with Crippen molar-refractivity contribution < 1.29 is 0 Å². The number of benzene rings is 6. The fraction of sp³-hybridized carbons (Fsp3) is 0.0980. The van der Waals surface area contributed by atoms with Gasteiger partial charge in [0.25, 0.3) is 0 Å². The highest BCUT2D eigenvalue weighted by atomic mass is 14.8. The number of nitrogens with zero attached hydrogens (tertiary/aromatic N) is 2. The highest BCUT2D eigenvalue weighted by Gasteiger charge is 2.35. The van der Waals surface area contributed by atoms with E-state index in [4.69, 9.17) is 4.99 Å². The van der Waals surface area contributed by atoms with E-state index in [0.717, 1.165) is 44.8 Å². The highest BCUT2D eigenvalue weighted by molar-refractivity contribution is 6.03. The molecule has 1 aliphatic rings. The predicted molar refractivity (Wildman–Crippen MR) is 225 cm³/mol. The third-order valence-corrected chi connectivity index (χ3v) is 10.6. The van der Waals surface area contributed by atoms with E-state index >= 15 is 0 Å². The Morgan fingerprint density at radius 1 is 0.528 bits per heavy atom. The van der Waals surface area contributed by atoms with E-state index in [0.29, 0.717) is 0 Å². The number of pyridine rings is 1. The predicted octanol–water partition coefficient (Wildman–Crippen LogP) is 13.3.